The van der Waals surface area contributed by atoms with Crippen LogP contribution in [-0.4, -0.2) is 5.97 Å². The molecule has 3 rings (SSSR count). The van der Waals surface area contributed by atoms with Crippen LogP contribution >= 0.6 is 0 Å². The van der Waals surface area contributed by atoms with Gasteiger partial charge < -0.3 is 10.1 Å². The molecule has 0 aliphatic rings. The molecule has 0 unspecified atom stereocenters. The quantitative estimate of drug-likeness (QED) is 0.171. The van der Waals surface area contributed by atoms with E-state index in [-0.39, 0.29) is 5.69 Å². The van der Waals surface area contributed by atoms with E-state index >= 15 is 0 Å². The number of carbonyl (C=O) groups excluding carboxylic acids is 1. The molecular formula is C21H12F7NO2. The molecule has 0 aromatic heterocycles. The van der Waals surface area contributed by atoms with Crippen molar-refractivity contribution < 1.29 is 40.3 Å². The lowest BCUT2D eigenvalue weighted by Crippen LogP contribution is -2.16. The molecule has 31 heavy (non-hydrogen) atoms. The lowest BCUT2D eigenvalue weighted by molar-refractivity contribution is 0.0716. The highest BCUT2D eigenvalue weighted by Gasteiger charge is 2.30. The second-order valence-electron chi connectivity index (χ2n) is 6.52. The second kappa shape index (κ2) is 8.29. The molecule has 3 aromatic carbocycles. The third-order valence-electron chi connectivity index (χ3n) is 4.32. The number of anilines is 2. The maximum atomic E-state index is 14.4. The first-order valence-electron chi connectivity index (χ1n) is 8.58. The van der Waals surface area contributed by atoms with Gasteiger partial charge >= 0.3 is 5.97 Å². The van der Waals surface area contributed by atoms with Gasteiger partial charge in [-0.25, -0.2) is 26.7 Å². The number of halogens is 7. The molecule has 3 aromatic rings. The molecule has 0 bridgehead atoms. The zero-order chi connectivity index (χ0) is 23.0. The number of rotatable bonds is 4. The van der Waals surface area contributed by atoms with Crippen LogP contribution in [0.3, 0.4) is 0 Å². The average Bonchev–Trinajstić information content (AvgIpc) is 2.73. The van der Waals surface area contributed by atoms with E-state index in [1.54, 1.807) is 26.0 Å². The van der Waals surface area contributed by atoms with Crippen molar-refractivity contribution in [1.29, 1.82) is 0 Å². The van der Waals surface area contributed by atoms with Gasteiger partial charge in [0.1, 0.15) is 0 Å². The molecule has 0 aliphatic heterocycles. The number of ether oxygens (including phenoxy) is 1. The average molecular weight is 443 g/mol. The van der Waals surface area contributed by atoms with E-state index in [0.29, 0.717) is 11.6 Å². The Morgan fingerprint density at radius 3 is 1.94 bits per heavy atom. The Morgan fingerprint density at radius 1 is 0.774 bits per heavy atom. The van der Waals surface area contributed by atoms with E-state index in [1.165, 1.54) is 6.07 Å². The van der Waals surface area contributed by atoms with E-state index in [1.807, 2.05) is 0 Å². The minimum Gasteiger partial charge on any atom is -0.416 e. The maximum absolute atomic E-state index is 14.4. The predicted octanol–water partition coefficient (Wildman–Crippen LogP) is 6.24. The third kappa shape index (κ3) is 4.05. The first-order valence-corrected chi connectivity index (χ1v) is 8.58. The molecule has 162 valence electrons. The van der Waals surface area contributed by atoms with Crippen molar-refractivity contribution in [3.63, 3.8) is 0 Å². The topological polar surface area (TPSA) is 38.3 Å². The van der Waals surface area contributed by atoms with Crippen molar-refractivity contribution >= 4 is 17.3 Å². The van der Waals surface area contributed by atoms with Crippen LogP contribution in [-0.2, 0) is 0 Å². The van der Waals surface area contributed by atoms with Gasteiger partial charge in [-0.15, -0.1) is 0 Å². The number of hydrogen-bond donors (Lipinski definition) is 1. The van der Waals surface area contributed by atoms with Gasteiger partial charge in [-0.2, -0.15) is 8.78 Å². The van der Waals surface area contributed by atoms with Crippen molar-refractivity contribution in [1.82, 2.24) is 0 Å². The molecule has 0 saturated heterocycles. The van der Waals surface area contributed by atoms with Crippen molar-refractivity contribution in [3.8, 4) is 5.75 Å². The van der Waals surface area contributed by atoms with Crippen LogP contribution in [0.1, 0.15) is 21.5 Å². The van der Waals surface area contributed by atoms with Crippen molar-refractivity contribution in [2.75, 3.05) is 5.32 Å². The van der Waals surface area contributed by atoms with Gasteiger partial charge in [-0.3, -0.25) is 0 Å². The molecule has 10 heteroatoms. The summed E-state index contributed by atoms with van der Waals surface area (Å²) < 4.78 is 100. The summed E-state index contributed by atoms with van der Waals surface area (Å²) in [4.78, 5) is 12.4. The minimum absolute atomic E-state index is 0.264. The Kier molecular flexibility index (Phi) is 5.92. The van der Waals surface area contributed by atoms with Crippen molar-refractivity contribution in [3.05, 3.63) is 87.7 Å². The lowest BCUT2D eigenvalue weighted by Gasteiger charge is -2.15. The van der Waals surface area contributed by atoms with Gasteiger partial charge in [-0.05, 0) is 37.6 Å². The summed E-state index contributed by atoms with van der Waals surface area (Å²) >= 11 is 0. The molecular weight excluding hydrogens is 431 g/mol. The van der Waals surface area contributed by atoms with Crippen LogP contribution in [0.4, 0.5) is 42.1 Å². The second-order valence-corrected chi connectivity index (χ2v) is 6.52. The van der Waals surface area contributed by atoms with Crippen LogP contribution in [0.5, 0.6) is 5.75 Å². The highest BCUT2D eigenvalue weighted by atomic mass is 19.2. The van der Waals surface area contributed by atoms with Crippen LogP contribution in [0, 0.1) is 54.6 Å². The number of hydrogen-bond acceptors (Lipinski definition) is 3. The van der Waals surface area contributed by atoms with Gasteiger partial charge in [0.25, 0.3) is 0 Å². The Bertz CT molecular complexity index is 1180. The monoisotopic (exact) mass is 443 g/mol. The zero-order valence-corrected chi connectivity index (χ0v) is 15.8. The number of carbonyl (C=O) groups is 1. The molecule has 0 amide bonds. The summed E-state index contributed by atoms with van der Waals surface area (Å²) in [6.07, 6.45) is 0. The van der Waals surface area contributed by atoms with Crippen LogP contribution in [0.15, 0.2) is 30.3 Å². The molecule has 3 nitrogen and oxygen atoms in total. The van der Waals surface area contributed by atoms with Crippen molar-refractivity contribution in [2.45, 2.75) is 13.8 Å². The van der Waals surface area contributed by atoms with E-state index in [9.17, 15) is 35.5 Å². The summed E-state index contributed by atoms with van der Waals surface area (Å²) in [5.41, 5.74) is 0.209. The molecule has 0 fully saturated rings. The molecule has 0 aliphatic carbocycles. The zero-order valence-electron chi connectivity index (χ0n) is 15.8. The standard InChI is InChI=1S/C21H12F7NO2/c1-8-3-6-12(9(2)7-8)29-19-10(4-5-11(22)13(19)23)21(30)31-20-17(27)15(25)14(24)16(26)18(20)28/h3-7,29H,1-2H3. The van der Waals surface area contributed by atoms with Gasteiger partial charge in [0.2, 0.25) is 34.8 Å². The summed E-state index contributed by atoms with van der Waals surface area (Å²) in [5.74, 6) is -18.3. The van der Waals surface area contributed by atoms with E-state index < -0.39 is 63.7 Å². The number of esters is 1. The largest absolute Gasteiger partial charge is 0.416 e. The minimum atomic E-state index is -2.44. The summed E-state index contributed by atoms with van der Waals surface area (Å²) in [5, 5.41) is 2.49. The first-order chi connectivity index (χ1) is 14.5. The number of aryl methyl sites for hydroxylation is 2. The van der Waals surface area contributed by atoms with Crippen LogP contribution < -0.4 is 10.1 Å². The summed E-state index contributed by atoms with van der Waals surface area (Å²) in [7, 11) is 0. The smallest absolute Gasteiger partial charge is 0.345 e. The highest BCUT2D eigenvalue weighted by molar-refractivity contribution is 5.98. The van der Waals surface area contributed by atoms with Gasteiger partial charge in [0.05, 0.1) is 11.3 Å². The van der Waals surface area contributed by atoms with Crippen molar-refractivity contribution in [2.24, 2.45) is 0 Å². The fourth-order valence-corrected chi connectivity index (χ4v) is 2.75. The molecule has 0 spiro atoms. The number of benzene rings is 3. The predicted molar refractivity (Wildman–Crippen MR) is 96.7 cm³/mol. The Hall–Kier alpha value is -3.56. The van der Waals surface area contributed by atoms with Gasteiger partial charge in [-0.1, -0.05) is 17.7 Å². The SMILES string of the molecule is Cc1ccc(Nc2c(C(=O)Oc3c(F)c(F)c(F)c(F)c3F)ccc(F)c2F)c(C)c1. The highest BCUT2D eigenvalue weighted by Crippen LogP contribution is 2.32. The Labute approximate surface area is 171 Å². The Morgan fingerprint density at radius 2 is 1.35 bits per heavy atom. The van der Waals surface area contributed by atoms with Gasteiger partial charge in [0.15, 0.2) is 11.6 Å². The lowest BCUT2D eigenvalue weighted by atomic mass is 10.1. The van der Waals surface area contributed by atoms with Crippen LogP contribution in [0.2, 0.25) is 0 Å². The fourth-order valence-electron chi connectivity index (χ4n) is 2.75. The van der Waals surface area contributed by atoms with E-state index in [0.717, 1.165) is 11.6 Å². The molecule has 1 N–H and O–H groups in total. The van der Waals surface area contributed by atoms with E-state index in [4.69, 9.17) is 0 Å². The third-order valence-corrected chi connectivity index (χ3v) is 4.32. The summed E-state index contributed by atoms with van der Waals surface area (Å²) in [6, 6.07) is 6.12. The maximum Gasteiger partial charge on any atom is 0.345 e. The fraction of sp³-hybridized carbons (Fsp3) is 0.0952. The summed E-state index contributed by atoms with van der Waals surface area (Å²) in [6.45, 7) is 3.42. The Balaban J connectivity index is 2.06. The molecule has 0 heterocycles. The molecule has 0 saturated carbocycles. The number of nitrogens with one attached hydrogen (secondary N) is 1. The van der Waals surface area contributed by atoms with E-state index in [2.05, 4.69) is 10.1 Å². The first kappa shape index (κ1) is 22.1. The molecule has 0 radical (unpaired) electrons. The molecule has 0 atom stereocenters. The van der Waals surface area contributed by atoms with Gasteiger partial charge in [0, 0.05) is 5.69 Å². The normalized spacial score (nSPS) is 10.9. The van der Waals surface area contributed by atoms with Crippen LogP contribution in [0.25, 0.3) is 0 Å².